The van der Waals surface area contributed by atoms with Gasteiger partial charge in [0.15, 0.2) is 0 Å². The van der Waals surface area contributed by atoms with Crippen molar-refractivity contribution in [3.8, 4) is 0 Å². The molecule has 1 N–H and O–H groups in total. The van der Waals surface area contributed by atoms with Crippen LogP contribution in [0.3, 0.4) is 0 Å². The van der Waals surface area contributed by atoms with E-state index in [1.807, 2.05) is 4.90 Å². The van der Waals surface area contributed by atoms with Crippen molar-refractivity contribution in [2.75, 3.05) is 19.6 Å². The molecule has 0 aromatic heterocycles. The van der Waals surface area contributed by atoms with Gasteiger partial charge in [-0.2, -0.15) is 0 Å². The summed E-state index contributed by atoms with van der Waals surface area (Å²) in [6.07, 6.45) is 12.6. The Morgan fingerprint density at radius 3 is 2.20 bits per heavy atom. The van der Waals surface area contributed by atoms with Crippen LogP contribution in [0.2, 0.25) is 0 Å². The SMILES string of the molecule is CCCCN(CCCC)C(=O)NCCC1CCCCC1. The van der Waals surface area contributed by atoms with Gasteiger partial charge >= 0.3 is 6.03 Å². The van der Waals surface area contributed by atoms with Crippen molar-refractivity contribution in [1.82, 2.24) is 10.2 Å². The van der Waals surface area contributed by atoms with Crippen LogP contribution in [0.5, 0.6) is 0 Å². The first-order valence-electron chi connectivity index (χ1n) is 8.80. The number of carbonyl (C=O) groups excluding carboxylic acids is 1. The first-order chi connectivity index (χ1) is 9.77. The number of nitrogens with one attached hydrogen (secondary N) is 1. The summed E-state index contributed by atoms with van der Waals surface area (Å²) in [5, 5.41) is 3.13. The van der Waals surface area contributed by atoms with E-state index in [1.165, 1.54) is 38.5 Å². The van der Waals surface area contributed by atoms with Gasteiger partial charge in [0.05, 0.1) is 0 Å². The normalized spacial score (nSPS) is 16.1. The Bertz CT molecular complexity index is 241. The monoisotopic (exact) mass is 282 g/mol. The van der Waals surface area contributed by atoms with Gasteiger partial charge in [-0.05, 0) is 25.2 Å². The molecule has 20 heavy (non-hydrogen) atoms. The van der Waals surface area contributed by atoms with Crippen molar-refractivity contribution < 1.29 is 4.79 Å². The summed E-state index contributed by atoms with van der Waals surface area (Å²) >= 11 is 0. The Hall–Kier alpha value is -0.730. The number of nitrogens with zero attached hydrogens (tertiary/aromatic N) is 1. The number of unbranched alkanes of at least 4 members (excludes halogenated alkanes) is 2. The molecule has 0 saturated heterocycles. The van der Waals surface area contributed by atoms with Gasteiger partial charge in [0.25, 0.3) is 0 Å². The molecule has 0 heterocycles. The molecule has 118 valence electrons. The number of hydrogen-bond acceptors (Lipinski definition) is 1. The second-order valence-electron chi connectivity index (χ2n) is 6.22. The molecule has 0 spiro atoms. The third-order valence-electron chi connectivity index (χ3n) is 4.40. The molecule has 1 rings (SSSR count). The maximum atomic E-state index is 12.2. The van der Waals surface area contributed by atoms with E-state index < -0.39 is 0 Å². The van der Waals surface area contributed by atoms with Crippen LogP contribution in [0.15, 0.2) is 0 Å². The topological polar surface area (TPSA) is 32.3 Å². The fourth-order valence-corrected chi connectivity index (χ4v) is 2.98. The van der Waals surface area contributed by atoms with Crippen LogP contribution in [-0.2, 0) is 0 Å². The molecule has 1 aliphatic rings. The van der Waals surface area contributed by atoms with Gasteiger partial charge in [0.2, 0.25) is 0 Å². The van der Waals surface area contributed by atoms with Crippen molar-refractivity contribution in [1.29, 1.82) is 0 Å². The molecule has 1 saturated carbocycles. The zero-order valence-corrected chi connectivity index (χ0v) is 13.6. The molecule has 1 fully saturated rings. The molecule has 0 atom stereocenters. The predicted octanol–water partition coefficient (Wildman–Crippen LogP) is 4.57. The highest BCUT2D eigenvalue weighted by atomic mass is 16.2. The van der Waals surface area contributed by atoms with E-state index in [-0.39, 0.29) is 6.03 Å². The zero-order chi connectivity index (χ0) is 14.6. The largest absolute Gasteiger partial charge is 0.338 e. The van der Waals surface area contributed by atoms with Crippen molar-refractivity contribution in [2.24, 2.45) is 5.92 Å². The first kappa shape index (κ1) is 17.3. The minimum atomic E-state index is 0.155. The fraction of sp³-hybridized carbons (Fsp3) is 0.941. The number of carbonyl (C=O) groups is 1. The van der Waals surface area contributed by atoms with Crippen molar-refractivity contribution in [3.63, 3.8) is 0 Å². The van der Waals surface area contributed by atoms with E-state index in [2.05, 4.69) is 19.2 Å². The van der Waals surface area contributed by atoms with Crippen LogP contribution >= 0.6 is 0 Å². The van der Waals surface area contributed by atoms with Gasteiger partial charge in [0, 0.05) is 19.6 Å². The van der Waals surface area contributed by atoms with Crippen LogP contribution in [0.4, 0.5) is 4.79 Å². The Kier molecular flexibility index (Phi) is 9.52. The molecule has 0 aromatic rings. The fourth-order valence-electron chi connectivity index (χ4n) is 2.98. The maximum absolute atomic E-state index is 12.2. The Balaban J connectivity index is 2.21. The number of rotatable bonds is 9. The van der Waals surface area contributed by atoms with Gasteiger partial charge < -0.3 is 10.2 Å². The van der Waals surface area contributed by atoms with E-state index in [4.69, 9.17) is 0 Å². The predicted molar refractivity (Wildman–Crippen MR) is 86.0 cm³/mol. The molecule has 3 heteroatoms. The molecule has 0 aliphatic heterocycles. The van der Waals surface area contributed by atoms with E-state index in [9.17, 15) is 4.79 Å². The summed E-state index contributed by atoms with van der Waals surface area (Å²) in [7, 11) is 0. The van der Waals surface area contributed by atoms with Crippen molar-refractivity contribution >= 4 is 6.03 Å². The third kappa shape index (κ3) is 7.16. The van der Waals surface area contributed by atoms with Crippen LogP contribution in [-0.4, -0.2) is 30.6 Å². The highest BCUT2D eigenvalue weighted by Crippen LogP contribution is 2.25. The molecule has 0 unspecified atom stereocenters. The highest BCUT2D eigenvalue weighted by Gasteiger charge is 2.15. The van der Waals surface area contributed by atoms with Crippen LogP contribution in [0.25, 0.3) is 0 Å². The zero-order valence-electron chi connectivity index (χ0n) is 13.6. The van der Waals surface area contributed by atoms with E-state index in [0.717, 1.165) is 51.2 Å². The van der Waals surface area contributed by atoms with Gasteiger partial charge in [-0.1, -0.05) is 58.8 Å². The molecule has 0 aromatic carbocycles. The molecule has 0 radical (unpaired) electrons. The van der Waals surface area contributed by atoms with E-state index >= 15 is 0 Å². The lowest BCUT2D eigenvalue weighted by atomic mass is 9.87. The summed E-state index contributed by atoms with van der Waals surface area (Å²) in [5.41, 5.74) is 0. The first-order valence-corrected chi connectivity index (χ1v) is 8.80. The van der Waals surface area contributed by atoms with E-state index in [1.54, 1.807) is 0 Å². The van der Waals surface area contributed by atoms with Gasteiger partial charge in [-0.15, -0.1) is 0 Å². The average molecular weight is 282 g/mol. The lowest BCUT2D eigenvalue weighted by Gasteiger charge is -2.25. The van der Waals surface area contributed by atoms with Crippen LogP contribution in [0, 0.1) is 5.92 Å². The number of urea groups is 1. The molecule has 1 aliphatic carbocycles. The Morgan fingerprint density at radius 2 is 1.65 bits per heavy atom. The molecular weight excluding hydrogens is 248 g/mol. The van der Waals surface area contributed by atoms with E-state index in [0.29, 0.717) is 0 Å². The second-order valence-corrected chi connectivity index (χ2v) is 6.22. The Labute approximate surface area is 125 Å². The summed E-state index contributed by atoms with van der Waals surface area (Å²) in [6.45, 7) is 7.04. The third-order valence-corrected chi connectivity index (χ3v) is 4.40. The molecule has 0 bridgehead atoms. The summed E-state index contributed by atoms with van der Waals surface area (Å²) in [6, 6.07) is 0.155. The van der Waals surface area contributed by atoms with Crippen LogP contribution < -0.4 is 5.32 Å². The highest BCUT2D eigenvalue weighted by molar-refractivity contribution is 5.74. The lowest BCUT2D eigenvalue weighted by molar-refractivity contribution is 0.194. The molecular formula is C17H34N2O. The average Bonchev–Trinajstić information content (AvgIpc) is 2.48. The van der Waals surface area contributed by atoms with Gasteiger partial charge in [0.1, 0.15) is 0 Å². The second kappa shape index (κ2) is 11.0. The molecule has 2 amide bonds. The number of amides is 2. The lowest BCUT2D eigenvalue weighted by Crippen LogP contribution is -2.41. The number of hydrogen-bond donors (Lipinski definition) is 1. The van der Waals surface area contributed by atoms with Crippen LogP contribution in [0.1, 0.15) is 78.1 Å². The molecule has 3 nitrogen and oxygen atoms in total. The smallest absolute Gasteiger partial charge is 0.317 e. The minimum absolute atomic E-state index is 0.155. The summed E-state index contributed by atoms with van der Waals surface area (Å²) < 4.78 is 0. The van der Waals surface area contributed by atoms with Crippen molar-refractivity contribution in [3.05, 3.63) is 0 Å². The quantitative estimate of drug-likeness (QED) is 0.660. The maximum Gasteiger partial charge on any atom is 0.317 e. The summed E-state index contributed by atoms with van der Waals surface area (Å²) in [4.78, 5) is 14.2. The Morgan fingerprint density at radius 1 is 1.05 bits per heavy atom. The van der Waals surface area contributed by atoms with Gasteiger partial charge in [-0.3, -0.25) is 0 Å². The van der Waals surface area contributed by atoms with Crippen molar-refractivity contribution in [2.45, 2.75) is 78.1 Å². The summed E-state index contributed by atoms with van der Waals surface area (Å²) in [5.74, 6) is 0.851. The minimum Gasteiger partial charge on any atom is -0.338 e. The standard InChI is InChI=1S/C17H34N2O/c1-3-5-14-19(15-6-4-2)17(20)18-13-12-16-10-8-7-9-11-16/h16H,3-15H2,1-2H3,(H,18,20). The van der Waals surface area contributed by atoms with Gasteiger partial charge in [-0.25, -0.2) is 4.79 Å².